The fourth-order valence-electron chi connectivity index (χ4n) is 3.24. The molecular weight excluding hydrogens is 255 g/mol. The van der Waals surface area contributed by atoms with Crippen molar-refractivity contribution in [3.63, 3.8) is 0 Å². The zero-order valence-electron chi connectivity index (χ0n) is 11.9. The number of rotatable bonds is 3. The van der Waals surface area contributed by atoms with Gasteiger partial charge in [0.05, 0.1) is 0 Å². The van der Waals surface area contributed by atoms with Crippen LogP contribution in [0.4, 0.5) is 4.39 Å². The van der Waals surface area contributed by atoms with Gasteiger partial charge in [0, 0.05) is 18.3 Å². The molecule has 0 saturated heterocycles. The minimum absolute atomic E-state index is 0.156. The van der Waals surface area contributed by atoms with Crippen LogP contribution in [0.1, 0.15) is 44.6 Å². The minimum atomic E-state index is -0.203. The van der Waals surface area contributed by atoms with E-state index in [0.29, 0.717) is 13.3 Å². The summed E-state index contributed by atoms with van der Waals surface area (Å²) in [6.45, 7) is 3.44. The Morgan fingerprint density at radius 3 is 3.10 bits per heavy atom. The summed E-state index contributed by atoms with van der Waals surface area (Å²) < 4.78 is 19.2. The van der Waals surface area contributed by atoms with Gasteiger partial charge in [0.15, 0.2) is 0 Å². The van der Waals surface area contributed by atoms with Crippen LogP contribution in [0.15, 0.2) is 23.2 Å². The molecular formula is C16H21FN2O. The molecule has 1 atom stereocenters. The Labute approximate surface area is 119 Å². The zero-order valence-corrected chi connectivity index (χ0v) is 11.9. The molecule has 0 spiro atoms. The molecule has 4 heteroatoms. The summed E-state index contributed by atoms with van der Waals surface area (Å²) in [5.74, 6) is 0.597. The summed E-state index contributed by atoms with van der Waals surface area (Å²) in [5.41, 5.74) is 0.768. The largest absolute Gasteiger partial charge is 0.478 e. The Hall–Kier alpha value is -1.42. The van der Waals surface area contributed by atoms with Gasteiger partial charge in [0.1, 0.15) is 24.0 Å². The van der Waals surface area contributed by atoms with E-state index in [2.05, 4.69) is 11.8 Å². The highest BCUT2D eigenvalue weighted by molar-refractivity contribution is 5.59. The highest BCUT2D eigenvalue weighted by atomic mass is 19.1. The lowest BCUT2D eigenvalue weighted by Crippen LogP contribution is -2.51. The van der Waals surface area contributed by atoms with Crippen molar-refractivity contribution in [2.75, 3.05) is 6.73 Å². The van der Waals surface area contributed by atoms with E-state index in [9.17, 15) is 4.39 Å². The number of benzene rings is 1. The fourth-order valence-corrected chi connectivity index (χ4v) is 3.24. The van der Waals surface area contributed by atoms with Crippen LogP contribution < -0.4 is 4.74 Å². The van der Waals surface area contributed by atoms with Crippen LogP contribution >= 0.6 is 0 Å². The number of nitrogens with zero attached hydrogens (tertiary/aromatic N) is 2. The van der Waals surface area contributed by atoms with Crippen molar-refractivity contribution in [2.24, 2.45) is 4.99 Å². The number of hydrogen-bond acceptors (Lipinski definition) is 3. The Kier molecular flexibility index (Phi) is 3.74. The van der Waals surface area contributed by atoms with Gasteiger partial charge >= 0.3 is 0 Å². The van der Waals surface area contributed by atoms with Crippen molar-refractivity contribution < 1.29 is 9.13 Å². The maximum Gasteiger partial charge on any atom is 0.144 e. The first kappa shape index (κ1) is 13.6. The van der Waals surface area contributed by atoms with Gasteiger partial charge in [0.2, 0.25) is 0 Å². The van der Waals surface area contributed by atoms with Gasteiger partial charge in [0.25, 0.3) is 0 Å². The van der Waals surface area contributed by atoms with E-state index in [1.165, 1.54) is 6.07 Å². The summed E-state index contributed by atoms with van der Waals surface area (Å²) in [5, 5.41) is 0. The molecule has 0 radical (unpaired) electrons. The molecule has 20 heavy (non-hydrogen) atoms. The molecule has 2 aliphatic heterocycles. The second-order valence-electron chi connectivity index (χ2n) is 5.66. The normalized spacial score (nSPS) is 26.1. The highest BCUT2D eigenvalue weighted by Crippen LogP contribution is 2.36. The average Bonchev–Trinajstić information content (AvgIpc) is 2.48. The maximum atomic E-state index is 13.4. The molecule has 108 valence electrons. The van der Waals surface area contributed by atoms with Gasteiger partial charge in [-0.05, 0) is 43.9 Å². The molecule has 0 saturated carbocycles. The fraction of sp³-hybridized carbons (Fsp3) is 0.562. The van der Waals surface area contributed by atoms with Crippen molar-refractivity contribution in [2.45, 2.75) is 51.2 Å². The number of ether oxygens (including phenoxy) is 1. The first-order chi connectivity index (χ1) is 9.73. The number of aliphatic imine (C=N–C) groups is 1. The third kappa shape index (κ3) is 2.44. The molecule has 0 bridgehead atoms. The van der Waals surface area contributed by atoms with Gasteiger partial charge < -0.3 is 4.74 Å². The summed E-state index contributed by atoms with van der Waals surface area (Å²) in [7, 11) is 0. The van der Waals surface area contributed by atoms with E-state index in [1.54, 1.807) is 12.1 Å². The lowest BCUT2D eigenvalue weighted by atomic mass is 9.92. The predicted octanol–water partition coefficient (Wildman–Crippen LogP) is 3.73. The monoisotopic (exact) mass is 276 g/mol. The zero-order chi connectivity index (χ0) is 14.0. The molecule has 0 aromatic heterocycles. The third-order valence-corrected chi connectivity index (χ3v) is 4.24. The summed E-state index contributed by atoms with van der Waals surface area (Å²) >= 11 is 0. The second kappa shape index (κ2) is 5.52. The summed E-state index contributed by atoms with van der Waals surface area (Å²) in [6, 6.07) is 4.75. The Bertz CT molecular complexity index is 517. The topological polar surface area (TPSA) is 24.8 Å². The molecule has 2 heterocycles. The van der Waals surface area contributed by atoms with E-state index < -0.39 is 0 Å². The molecule has 0 N–H and O–H groups in total. The van der Waals surface area contributed by atoms with E-state index in [-0.39, 0.29) is 11.5 Å². The van der Waals surface area contributed by atoms with E-state index in [0.717, 1.165) is 43.4 Å². The van der Waals surface area contributed by atoms with Crippen molar-refractivity contribution in [3.8, 4) is 5.75 Å². The lowest BCUT2D eigenvalue weighted by Gasteiger charge is -2.44. The van der Waals surface area contributed by atoms with Gasteiger partial charge in [-0.15, -0.1) is 0 Å². The molecule has 1 aromatic rings. The molecule has 0 amide bonds. The van der Waals surface area contributed by atoms with Crippen molar-refractivity contribution in [1.29, 1.82) is 0 Å². The van der Waals surface area contributed by atoms with Crippen molar-refractivity contribution >= 4 is 6.21 Å². The molecule has 0 fully saturated rings. The smallest absolute Gasteiger partial charge is 0.144 e. The van der Waals surface area contributed by atoms with Crippen LogP contribution in [0.25, 0.3) is 0 Å². The Morgan fingerprint density at radius 2 is 2.35 bits per heavy atom. The first-order valence-electron chi connectivity index (χ1n) is 7.43. The van der Waals surface area contributed by atoms with Crippen LogP contribution in [0.3, 0.4) is 0 Å². The van der Waals surface area contributed by atoms with Gasteiger partial charge in [-0.25, -0.2) is 9.29 Å². The SMILES string of the molecule is CCCC1(N2COc3ccc(F)cc3C2)CCCC=N1. The molecule has 3 rings (SSSR count). The molecule has 1 aromatic carbocycles. The molecule has 2 aliphatic rings. The van der Waals surface area contributed by atoms with Crippen LogP contribution in [-0.2, 0) is 6.54 Å². The van der Waals surface area contributed by atoms with E-state index >= 15 is 0 Å². The van der Waals surface area contributed by atoms with Crippen LogP contribution in [-0.4, -0.2) is 23.5 Å². The second-order valence-corrected chi connectivity index (χ2v) is 5.66. The highest BCUT2D eigenvalue weighted by Gasteiger charge is 2.38. The van der Waals surface area contributed by atoms with Gasteiger partial charge in [-0.3, -0.25) is 4.99 Å². The van der Waals surface area contributed by atoms with Gasteiger partial charge in [-0.1, -0.05) is 13.3 Å². The predicted molar refractivity (Wildman–Crippen MR) is 77.4 cm³/mol. The quantitative estimate of drug-likeness (QED) is 0.840. The van der Waals surface area contributed by atoms with Crippen LogP contribution in [0.5, 0.6) is 5.75 Å². The third-order valence-electron chi connectivity index (χ3n) is 4.24. The minimum Gasteiger partial charge on any atom is -0.478 e. The lowest BCUT2D eigenvalue weighted by molar-refractivity contribution is -0.0153. The van der Waals surface area contributed by atoms with E-state index in [1.807, 2.05) is 6.21 Å². The Morgan fingerprint density at radius 1 is 1.45 bits per heavy atom. The van der Waals surface area contributed by atoms with Gasteiger partial charge in [-0.2, -0.15) is 0 Å². The first-order valence-corrected chi connectivity index (χ1v) is 7.43. The molecule has 0 aliphatic carbocycles. The Balaban J connectivity index is 1.87. The summed E-state index contributed by atoms with van der Waals surface area (Å²) in [4.78, 5) is 7.05. The maximum absolute atomic E-state index is 13.4. The van der Waals surface area contributed by atoms with E-state index in [4.69, 9.17) is 9.73 Å². The standard InChI is InChI=1S/C16H21FN2O/c1-2-7-16(8-3-4-9-18-16)19-11-13-10-14(17)5-6-15(13)20-12-19/h5-6,9-10H,2-4,7-8,11-12H2,1H3. The number of fused-ring (bicyclic) bond motifs is 1. The molecule has 1 unspecified atom stereocenters. The average molecular weight is 276 g/mol. The van der Waals surface area contributed by atoms with Crippen molar-refractivity contribution in [3.05, 3.63) is 29.6 Å². The van der Waals surface area contributed by atoms with Crippen LogP contribution in [0.2, 0.25) is 0 Å². The van der Waals surface area contributed by atoms with Crippen LogP contribution in [0, 0.1) is 5.82 Å². The van der Waals surface area contributed by atoms with Crippen molar-refractivity contribution in [1.82, 2.24) is 4.90 Å². The summed E-state index contributed by atoms with van der Waals surface area (Å²) in [6.07, 6.45) is 7.44. The number of halogens is 1. The molecule has 3 nitrogen and oxygen atoms in total. The number of hydrogen-bond donors (Lipinski definition) is 0.